The Kier molecular flexibility index (Phi) is 4.55. The van der Waals surface area contributed by atoms with Gasteiger partial charge in [0.1, 0.15) is 0 Å². The monoisotopic (exact) mass is 310 g/mol. The van der Waals surface area contributed by atoms with Crippen LogP contribution in [-0.2, 0) is 12.0 Å². The number of hydrogen-bond donors (Lipinski definition) is 1. The van der Waals surface area contributed by atoms with Crippen molar-refractivity contribution >= 4 is 28.3 Å². The van der Waals surface area contributed by atoms with Crippen molar-refractivity contribution in [3.63, 3.8) is 0 Å². The maximum absolute atomic E-state index is 6.04. The van der Waals surface area contributed by atoms with Gasteiger partial charge in [-0.05, 0) is 43.2 Å². The topological polar surface area (TPSA) is 38.4 Å². The van der Waals surface area contributed by atoms with Gasteiger partial charge in [0.05, 0.1) is 5.54 Å². The number of hydrogen-bond acceptors (Lipinski definition) is 4. The highest BCUT2D eigenvalue weighted by Crippen LogP contribution is 2.56. The van der Waals surface area contributed by atoms with Crippen molar-refractivity contribution < 1.29 is 0 Å². The maximum atomic E-state index is 6.04. The molecule has 0 radical (unpaired) electrons. The Morgan fingerprint density at radius 3 is 2.60 bits per heavy atom. The first kappa shape index (κ1) is 15.9. The molecule has 1 atom stereocenters. The number of aryl methyl sites for hydroxylation is 2. The Hall–Kier alpha value is -0.480. The SMILES string of the molecule is CC.Cc1cc2c(s1)CCC(C)(C)C21CCSC(N)=N1. The molecule has 2 N–H and O–H groups in total. The minimum absolute atomic E-state index is 0.0688. The summed E-state index contributed by atoms with van der Waals surface area (Å²) in [6, 6.07) is 2.35. The quantitative estimate of drug-likeness (QED) is 0.754. The van der Waals surface area contributed by atoms with Gasteiger partial charge in [0.15, 0.2) is 5.17 Å². The fraction of sp³-hybridized carbons (Fsp3) is 0.688. The van der Waals surface area contributed by atoms with Crippen LogP contribution in [0.2, 0.25) is 0 Å². The van der Waals surface area contributed by atoms with Crippen LogP contribution in [0.15, 0.2) is 11.1 Å². The van der Waals surface area contributed by atoms with Gasteiger partial charge >= 0.3 is 0 Å². The second-order valence-corrected chi connectivity index (χ2v) is 8.44. The molecule has 1 aromatic heterocycles. The van der Waals surface area contributed by atoms with Crippen molar-refractivity contribution in [3.05, 3.63) is 21.4 Å². The van der Waals surface area contributed by atoms with E-state index in [0.29, 0.717) is 0 Å². The van der Waals surface area contributed by atoms with E-state index in [9.17, 15) is 0 Å². The molecule has 0 amide bonds. The normalized spacial score (nSPS) is 27.4. The predicted octanol–water partition coefficient (Wildman–Crippen LogP) is 4.70. The molecule has 0 fully saturated rings. The highest BCUT2D eigenvalue weighted by molar-refractivity contribution is 8.13. The molecule has 0 aromatic carbocycles. The third-order valence-electron chi connectivity index (χ3n) is 4.49. The summed E-state index contributed by atoms with van der Waals surface area (Å²) in [5.41, 5.74) is 7.64. The number of thiophene rings is 1. The van der Waals surface area contributed by atoms with Crippen molar-refractivity contribution in [2.75, 3.05) is 5.75 Å². The average Bonchev–Trinajstić information content (AvgIpc) is 2.79. The number of nitrogens with zero attached hydrogens (tertiary/aromatic N) is 1. The summed E-state index contributed by atoms with van der Waals surface area (Å²) in [6.45, 7) is 10.9. The molecule has 2 nitrogen and oxygen atoms in total. The van der Waals surface area contributed by atoms with Crippen LogP contribution in [0.3, 0.4) is 0 Å². The van der Waals surface area contributed by atoms with Gasteiger partial charge in [-0.3, -0.25) is 4.99 Å². The van der Waals surface area contributed by atoms with E-state index in [1.807, 2.05) is 25.2 Å². The zero-order chi connectivity index (χ0) is 15.0. The summed E-state index contributed by atoms with van der Waals surface area (Å²) in [5, 5.41) is 0.769. The molecule has 2 heterocycles. The third-order valence-corrected chi connectivity index (χ3v) is 6.39. The lowest BCUT2D eigenvalue weighted by atomic mass is 9.61. The fourth-order valence-electron chi connectivity index (χ4n) is 3.36. The van der Waals surface area contributed by atoms with Crippen LogP contribution in [0.5, 0.6) is 0 Å². The summed E-state index contributed by atoms with van der Waals surface area (Å²) in [7, 11) is 0. The maximum Gasteiger partial charge on any atom is 0.154 e. The van der Waals surface area contributed by atoms with Gasteiger partial charge < -0.3 is 5.73 Å². The third kappa shape index (κ3) is 2.41. The van der Waals surface area contributed by atoms with Crippen LogP contribution in [0.4, 0.5) is 0 Å². The molecule has 0 saturated carbocycles. The molecule has 1 spiro atoms. The number of amidine groups is 1. The number of fused-ring (bicyclic) bond motifs is 2. The number of thioether (sulfide) groups is 1. The standard InChI is InChI=1S/C14H20N2S2.C2H6/c1-9-8-10-11(18-9)4-5-13(2,3)14(10)6-7-17-12(15)16-14;1-2/h8H,4-7H2,1-3H3,(H2,15,16);1-2H3. The Bertz CT molecular complexity index is 517. The van der Waals surface area contributed by atoms with Crippen LogP contribution < -0.4 is 5.73 Å². The second kappa shape index (κ2) is 5.72. The molecule has 1 aromatic rings. The minimum Gasteiger partial charge on any atom is -0.379 e. The van der Waals surface area contributed by atoms with E-state index in [4.69, 9.17) is 10.7 Å². The number of aliphatic imine (C=N–C) groups is 1. The Balaban J connectivity index is 0.000000704. The predicted molar refractivity (Wildman–Crippen MR) is 92.9 cm³/mol. The van der Waals surface area contributed by atoms with Crippen molar-refractivity contribution in [1.82, 2.24) is 0 Å². The molecule has 1 aliphatic heterocycles. The van der Waals surface area contributed by atoms with E-state index in [1.54, 1.807) is 11.8 Å². The lowest BCUT2D eigenvalue weighted by Crippen LogP contribution is -2.47. The largest absolute Gasteiger partial charge is 0.379 e. The van der Waals surface area contributed by atoms with E-state index in [-0.39, 0.29) is 11.0 Å². The van der Waals surface area contributed by atoms with Crippen LogP contribution >= 0.6 is 23.1 Å². The van der Waals surface area contributed by atoms with Gasteiger partial charge in [-0.25, -0.2) is 0 Å². The summed E-state index contributed by atoms with van der Waals surface area (Å²) in [6.07, 6.45) is 3.53. The van der Waals surface area contributed by atoms with E-state index in [2.05, 4.69) is 26.8 Å². The molecular formula is C16H26N2S2. The minimum atomic E-state index is -0.0688. The van der Waals surface area contributed by atoms with Crippen molar-refractivity contribution in [2.45, 2.75) is 59.4 Å². The van der Waals surface area contributed by atoms with Gasteiger partial charge in [-0.1, -0.05) is 39.5 Å². The molecule has 2 aliphatic rings. The summed E-state index contributed by atoms with van der Waals surface area (Å²) < 4.78 is 0. The first-order valence-corrected chi connectivity index (χ1v) is 9.33. The van der Waals surface area contributed by atoms with Crippen molar-refractivity contribution in [2.24, 2.45) is 16.1 Å². The van der Waals surface area contributed by atoms with Crippen LogP contribution in [0, 0.1) is 12.3 Å². The van der Waals surface area contributed by atoms with Crippen LogP contribution in [0.25, 0.3) is 0 Å². The van der Waals surface area contributed by atoms with Gasteiger partial charge in [0.2, 0.25) is 0 Å². The zero-order valence-electron chi connectivity index (χ0n) is 13.2. The van der Waals surface area contributed by atoms with E-state index in [0.717, 1.165) is 17.3 Å². The van der Waals surface area contributed by atoms with Gasteiger partial charge in [-0.2, -0.15) is 0 Å². The van der Waals surface area contributed by atoms with Gasteiger partial charge in [0, 0.05) is 15.5 Å². The zero-order valence-corrected chi connectivity index (χ0v) is 14.9. The summed E-state index contributed by atoms with van der Waals surface area (Å²) in [5.74, 6) is 1.09. The molecule has 20 heavy (non-hydrogen) atoms. The van der Waals surface area contributed by atoms with Crippen molar-refractivity contribution in [3.8, 4) is 0 Å². The van der Waals surface area contributed by atoms with Crippen LogP contribution in [0.1, 0.15) is 55.9 Å². The lowest BCUT2D eigenvalue weighted by molar-refractivity contribution is 0.134. The first-order chi connectivity index (χ1) is 9.45. The average molecular weight is 311 g/mol. The Morgan fingerprint density at radius 2 is 1.95 bits per heavy atom. The van der Waals surface area contributed by atoms with E-state index >= 15 is 0 Å². The van der Waals surface area contributed by atoms with Crippen molar-refractivity contribution in [1.29, 1.82) is 0 Å². The van der Waals surface area contributed by atoms with Gasteiger partial charge in [0.25, 0.3) is 0 Å². The summed E-state index contributed by atoms with van der Waals surface area (Å²) in [4.78, 5) is 7.89. The van der Waals surface area contributed by atoms with Gasteiger partial charge in [-0.15, -0.1) is 11.3 Å². The Labute approximate surface area is 131 Å². The molecule has 1 unspecified atom stereocenters. The molecule has 1 aliphatic carbocycles. The fourth-order valence-corrected chi connectivity index (χ4v) is 5.29. The second-order valence-electron chi connectivity index (χ2n) is 5.99. The smallest absolute Gasteiger partial charge is 0.154 e. The number of rotatable bonds is 0. The van der Waals surface area contributed by atoms with Crippen LogP contribution in [-0.4, -0.2) is 10.9 Å². The molecule has 0 bridgehead atoms. The molecule has 4 heteroatoms. The molecule has 112 valence electrons. The highest BCUT2D eigenvalue weighted by atomic mass is 32.2. The Morgan fingerprint density at radius 1 is 1.25 bits per heavy atom. The number of nitrogens with two attached hydrogens (primary N) is 1. The van der Waals surface area contributed by atoms with E-state index in [1.165, 1.54) is 28.2 Å². The molecule has 0 saturated heterocycles. The lowest BCUT2D eigenvalue weighted by Gasteiger charge is -2.49. The molecule has 3 rings (SSSR count). The first-order valence-electron chi connectivity index (χ1n) is 7.52. The molecular weight excluding hydrogens is 284 g/mol. The van der Waals surface area contributed by atoms with E-state index < -0.39 is 0 Å². The summed E-state index contributed by atoms with van der Waals surface area (Å²) >= 11 is 3.64. The highest BCUT2D eigenvalue weighted by Gasteiger charge is 2.51.